The van der Waals surface area contributed by atoms with Gasteiger partial charge in [0.15, 0.2) is 0 Å². The van der Waals surface area contributed by atoms with Crippen LogP contribution in [0.4, 0.5) is 0 Å². The molecule has 0 spiro atoms. The number of rotatable bonds is 1. The summed E-state index contributed by atoms with van der Waals surface area (Å²) >= 11 is 6.53. The Bertz CT molecular complexity index is 450. The van der Waals surface area contributed by atoms with Crippen LogP contribution < -0.4 is 4.74 Å². The Morgan fingerprint density at radius 3 is 2.77 bits per heavy atom. The molecule has 0 unspecified atom stereocenters. The van der Waals surface area contributed by atoms with Gasteiger partial charge in [0.25, 0.3) is 0 Å². The molecule has 4 heteroatoms. The molecule has 0 aliphatic heterocycles. The van der Waals surface area contributed by atoms with Crippen LogP contribution in [0.15, 0.2) is 18.2 Å². The average Bonchev–Trinajstić information content (AvgIpc) is 2.43. The van der Waals surface area contributed by atoms with E-state index < -0.39 is 0 Å². The van der Waals surface area contributed by atoms with Crippen LogP contribution in [-0.4, -0.2) is 7.11 Å². The molecule has 1 aromatic heterocycles. The molecule has 0 aliphatic carbocycles. The lowest BCUT2D eigenvalue weighted by Crippen LogP contribution is -1.81. The summed E-state index contributed by atoms with van der Waals surface area (Å²) in [6, 6.07) is 6.18. The van der Waals surface area contributed by atoms with Gasteiger partial charge >= 0.3 is 0 Å². The van der Waals surface area contributed by atoms with E-state index in [9.17, 15) is 0 Å². The van der Waals surface area contributed by atoms with Gasteiger partial charge in [-0.05, 0) is 51.2 Å². The van der Waals surface area contributed by atoms with Gasteiger partial charge in [-0.15, -0.1) is 11.3 Å². The Labute approximate surface area is 108 Å². The summed E-state index contributed by atoms with van der Waals surface area (Å²) in [5.74, 6) is 0.975. The van der Waals surface area contributed by atoms with Crippen molar-refractivity contribution in [2.75, 3.05) is 7.11 Å². The second kappa shape index (κ2) is 3.90. The Kier molecular flexibility index (Phi) is 2.99. The van der Waals surface area contributed by atoms with Gasteiger partial charge in [-0.1, -0.05) is 12.1 Å². The summed E-state index contributed by atoms with van der Waals surface area (Å²) in [5.41, 5.74) is 0. The molecule has 0 aliphatic rings. The number of hydrogen-bond acceptors (Lipinski definition) is 2. The molecule has 0 bridgehead atoms. The minimum absolute atomic E-state index is 0.975. The van der Waals surface area contributed by atoms with Crippen LogP contribution in [0.25, 0.3) is 10.1 Å². The van der Waals surface area contributed by atoms with Crippen molar-refractivity contribution in [3.8, 4) is 5.75 Å². The standard InChI is InChI=1S/C9H6I2OS/c1-12-6-4-2-3-5-7(10)9(11)13-8(5)6/h2-4H,1H3. The first-order chi connectivity index (χ1) is 6.24. The lowest BCUT2D eigenvalue weighted by molar-refractivity contribution is 0.420. The van der Waals surface area contributed by atoms with Gasteiger partial charge in [0.2, 0.25) is 0 Å². The first-order valence-electron chi connectivity index (χ1n) is 3.64. The largest absolute Gasteiger partial charge is 0.495 e. The summed E-state index contributed by atoms with van der Waals surface area (Å²) in [6.07, 6.45) is 0. The van der Waals surface area contributed by atoms with Crippen molar-refractivity contribution in [3.05, 3.63) is 24.7 Å². The number of halogens is 2. The fourth-order valence-electron chi connectivity index (χ4n) is 1.19. The summed E-state index contributed by atoms with van der Waals surface area (Å²) in [7, 11) is 1.72. The van der Waals surface area contributed by atoms with Gasteiger partial charge in [0, 0.05) is 8.96 Å². The van der Waals surface area contributed by atoms with Gasteiger partial charge < -0.3 is 4.74 Å². The molecule has 2 aromatic rings. The van der Waals surface area contributed by atoms with E-state index in [0.717, 1.165) is 5.75 Å². The minimum Gasteiger partial charge on any atom is -0.495 e. The second-order valence-corrected chi connectivity index (χ2v) is 6.44. The fourth-order valence-corrected chi connectivity index (χ4v) is 4.02. The number of hydrogen-bond donors (Lipinski definition) is 0. The normalized spacial score (nSPS) is 10.7. The van der Waals surface area contributed by atoms with Crippen LogP contribution >= 0.6 is 56.5 Å². The maximum atomic E-state index is 5.30. The highest BCUT2D eigenvalue weighted by atomic mass is 127. The van der Waals surface area contributed by atoms with Crippen LogP contribution in [0.1, 0.15) is 0 Å². The highest BCUT2D eigenvalue weighted by molar-refractivity contribution is 14.1. The van der Waals surface area contributed by atoms with Gasteiger partial charge in [-0.2, -0.15) is 0 Å². The topological polar surface area (TPSA) is 9.23 Å². The third-order valence-electron chi connectivity index (χ3n) is 1.80. The third-order valence-corrected chi connectivity index (χ3v) is 6.53. The van der Waals surface area contributed by atoms with E-state index in [1.54, 1.807) is 18.4 Å². The van der Waals surface area contributed by atoms with E-state index in [1.807, 2.05) is 12.1 Å². The van der Waals surface area contributed by atoms with E-state index in [0.29, 0.717) is 0 Å². The number of ether oxygens (including phenoxy) is 1. The van der Waals surface area contributed by atoms with Gasteiger partial charge in [0.1, 0.15) is 5.75 Å². The van der Waals surface area contributed by atoms with E-state index in [4.69, 9.17) is 4.74 Å². The highest BCUT2D eigenvalue weighted by Crippen LogP contribution is 2.38. The van der Waals surface area contributed by atoms with Crippen molar-refractivity contribution in [3.63, 3.8) is 0 Å². The number of thiophene rings is 1. The van der Waals surface area contributed by atoms with E-state index in [-0.39, 0.29) is 0 Å². The molecule has 0 amide bonds. The molecule has 0 saturated heterocycles. The second-order valence-electron chi connectivity index (χ2n) is 2.53. The Balaban J connectivity index is 2.84. The number of methoxy groups -OCH3 is 1. The van der Waals surface area contributed by atoms with E-state index in [2.05, 4.69) is 51.2 Å². The van der Waals surface area contributed by atoms with Crippen LogP contribution in [0.3, 0.4) is 0 Å². The predicted octanol–water partition coefficient (Wildman–Crippen LogP) is 4.12. The lowest BCUT2D eigenvalue weighted by Gasteiger charge is -1.99. The third kappa shape index (κ3) is 1.68. The molecule has 13 heavy (non-hydrogen) atoms. The number of benzene rings is 1. The highest BCUT2D eigenvalue weighted by Gasteiger charge is 2.10. The zero-order valence-electron chi connectivity index (χ0n) is 6.80. The Morgan fingerprint density at radius 2 is 2.08 bits per heavy atom. The van der Waals surface area contributed by atoms with Gasteiger partial charge in [0.05, 0.1) is 14.7 Å². The van der Waals surface area contributed by atoms with Gasteiger partial charge in [-0.25, -0.2) is 0 Å². The van der Waals surface area contributed by atoms with Crippen molar-refractivity contribution in [1.29, 1.82) is 0 Å². The maximum Gasteiger partial charge on any atom is 0.136 e. The van der Waals surface area contributed by atoms with E-state index >= 15 is 0 Å². The van der Waals surface area contributed by atoms with Crippen molar-refractivity contribution in [1.82, 2.24) is 0 Å². The summed E-state index contributed by atoms with van der Waals surface area (Å²) < 4.78 is 9.21. The van der Waals surface area contributed by atoms with Crippen molar-refractivity contribution < 1.29 is 4.74 Å². The number of fused-ring (bicyclic) bond motifs is 1. The fraction of sp³-hybridized carbons (Fsp3) is 0.111. The first-order valence-corrected chi connectivity index (χ1v) is 6.62. The quantitative estimate of drug-likeness (QED) is 0.636. The molecule has 1 heterocycles. The minimum atomic E-state index is 0.975. The molecular formula is C9H6I2OS. The Hall–Kier alpha value is 0.440. The predicted molar refractivity (Wildman–Crippen MR) is 73.8 cm³/mol. The summed E-state index contributed by atoms with van der Waals surface area (Å²) in [6.45, 7) is 0. The molecule has 68 valence electrons. The van der Waals surface area contributed by atoms with Crippen molar-refractivity contribution >= 4 is 66.6 Å². The molecule has 1 nitrogen and oxygen atoms in total. The molecule has 0 N–H and O–H groups in total. The van der Waals surface area contributed by atoms with Crippen molar-refractivity contribution in [2.45, 2.75) is 0 Å². The zero-order chi connectivity index (χ0) is 9.42. The van der Waals surface area contributed by atoms with E-state index in [1.165, 1.54) is 16.5 Å². The molecule has 2 rings (SSSR count). The SMILES string of the molecule is COc1cccc2c(I)c(I)sc12. The van der Waals surface area contributed by atoms with Crippen LogP contribution in [0, 0.1) is 6.45 Å². The molecule has 0 saturated carbocycles. The van der Waals surface area contributed by atoms with Crippen LogP contribution in [0.2, 0.25) is 0 Å². The summed E-state index contributed by atoms with van der Waals surface area (Å²) in [5, 5.41) is 1.30. The molecule has 0 atom stereocenters. The van der Waals surface area contributed by atoms with Crippen LogP contribution in [-0.2, 0) is 0 Å². The Morgan fingerprint density at radius 1 is 1.31 bits per heavy atom. The van der Waals surface area contributed by atoms with Crippen molar-refractivity contribution in [2.24, 2.45) is 0 Å². The van der Waals surface area contributed by atoms with Gasteiger partial charge in [-0.3, -0.25) is 0 Å². The first kappa shape index (κ1) is 9.97. The average molecular weight is 416 g/mol. The molecular weight excluding hydrogens is 410 g/mol. The lowest BCUT2D eigenvalue weighted by atomic mass is 10.2. The smallest absolute Gasteiger partial charge is 0.136 e. The zero-order valence-corrected chi connectivity index (χ0v) is 11.9. The molecule has 0 fully saturated rings. The molecule has 0 radical (unpaired) electrons. The summed E-state index contributed by atoms with van der Waals surface area (Å²) in [4.78, 5) is 0. The molecule has 1 aromatic carbocycles. The maximum absolute atomic E-state index is 5.30. The van der Waals surface area contributed by atoms with Crippen LogP contribution in [0.5, 0.6) is 5.75 Å². The monoisotopic (exact) mass is 416 g/mol.